The summed E-state index contributed by atoms with van der Waals surface area (Å²) in [5.41, 5.74) is 1.16. The van der Waals surface area contributed by atoms with E-state index in [4.69, 9.17) is 9.51 Å². The Morgan fingerprint density at radius 3 is 2.65 bits per heavy atom. The molecular weight excluding hydrogens is 290 g/mol. The average Bonchev–Trinajstić information content (AvgIpc) is 3.50. The van der Waals surface area contributed by atoms with Gasteiger partial charge in [0.05, 0.1) is 5.41 Å². The van der Waals surface area contributed by atoms with E-state index >= 15 is 0 Å². The molecule has 0 radical (unpaired) electrons. The number of rotatable bonds is 4. The summed E-state index contributed by atoms with van der Waals surface area (Å²) >= 11 is 0. The zero-order valence-electron chi connectivity index (χ0n) is 12.9. The van der Waals surface area contributed by atoms with Crippen molar-refractivity contribution in [2.75, 3.05) is 6.54 Å². The molecule has 118 valence electrons. The van der Waals surface area contributed by atoms with E-state index < -0.39 is 0 Å². The fourth-order valence-corrected chi connectivity index (χ4v) is 3.75. The Balaban J connectivity index is 1.40. The van der Waals surface area contributed by atoms with Crippen LogP contribution in [0.25, 0.3) is 0 Å². The first-order chi connectivity index (χ1) is 11.3. The topological polar surface area (TPSA) is 59.2 Å². The molecule has 5 nitrogen and oxygen atoms in total. The summed E-state index contributed by atoms with van der Waals surface area (Å²) in [6, 6.07) is 10.9. The van der Waals surface area contributed by atoms with Gasteiger partial charge < -0.3 is 9.42 Å². The first-order valence-electron chi connectivity index (χ1n) is 8.45. The maximum Gasteiger partial charge on any atom is 0.237 e. The molecule has 1 amide bonds. The van der Waals surface area contributed by atoms with Crippen LogP contribution in [0.15, 0.2) is 34.9 Å². The van der Waals surface area contributed by atoms with Gasteiger partial charge in [-0.3, -0.25) is 4.79 Å². The number of benzene rings is 1. The Bertz CT molecular complexity index is 747. The first kappa shape index (κ1) is 13.3. The summed E-state index contributed by atoms with van der Waals surface area (Å²) in [6.07, 6.45) is 4.92. The largest absolute Gasteiger partial charge is 0.339 e. The Morgan fingerprint density at radius 1 is 1.17 bits per heavy atom. The van der Waals surface area contributed by atoms with Crippen LogP contribution in [0.5, 0.6) is 0 Å². The lowest BCUT2D eigenvalue weighted by atomic mass is 9.96. The number of nitrogens with zero attached hydrogens (tertiary/aromatic N) is 3. The second-order valence-electron chi connectivity index (χ2n) is 7.08. The summed E-state index contributed by atoms with van der Waals surface area (Å²) < 4.78 is 5.61. The van der Waals surface area contributed by atoms with Crippen LogP contribution in [0, 0.1) is 0 Å². The van der Waals surface area contributed by atoms with Gasteiger partial charge in [0.15, 0.2) is 5.82 Å². The molecule has 5 heteroatoms. The van der Waals surface area contributed by atoms with E-state index in [0.29, 0.717) is 18.3 Å². The molecule has 3 aliphatic rings. The highest BCUT2D eigenvalue weighted by Gasteiger charge is 2.51. The van der Waals surface area contributed by atoms with Crippen molar-refractivity contribution < 1.29 is 9.32 Å². The van der Waals surface area contributed by atoms with E-state index in [0.717, 1.165) is 38.1 Å². The van der Waals surface area contributed by atoms with Gasteiger partial charge in [-0.25, -0.2) is 0 Å². The maximum absolute atomic E-state index is 12.1. The van der Waals surface area contributed by atoms with Crippen LogP contribution >= 0.6 is 0 Å². The number of carbonyl (C=O) groups excluding carboxylic acids is 1. The molecule has 1 aliphatic heterocycles. The second-order valence-corrected chi connectivity index (χ2v) is 7.08. The monoisotopic (exact) mass is 309 g/mol. The van der Waals surface area contributed by atoms with Gasteiger partial charge >= 0.3 is 0 Å². The molecule has 3 fully saturated rings. The number of hydrogen-bond acceptors (Lipinski definition) is 4. The highest BCUT2D eigenvalue weighted by molar-refractivity contribution is 5.80. The van der Waals surface area contributed by atoms with Crippen molar-refractivity contribution in [2.45, 2.75) is 49.5 Å². The van der Waals surface area contributed by atoms with Crippen LogP contribution in [0.2, 0.25) is 0 Å². The third kappa shape index (κ3) is 2.10. The molecule has 1 aromatic carbocycles. The number of hydrogen-bond donors (Lipinski definition) is 0. The number of carbonyl (C=O) groups is 1. The predicted molar refractivity (Wildman–Crippen MR) is 82.8 cm³/mol. The summed E-state index contributed by atoms with van der Waals surface area (Å²) in [4.78, 5) is 18.8. The molecule has 0 bridgehead atoms. The Hall–Kier alpha value is -2.17. The normalized spacial score (nSPS) is 25.8. The fourth-order valence-electron chi connectivity index (χ4n) is 3.75. The van der Waals surface area contributed by atoms with Gasteiger partial charge in [0.25, 0.3) is 0 Å². The average molecular weight is 309 g/mol. The molecule has 0 spiro atoms. The Morgan fingerprint density at radius 2 is 1.96 bits per heavy atom. The van der Waals surface area contributed by atoms with Crippen molar-refractivity contribution in [3.05, 3.63) is 47.6 Å². The van der Waals surface area contributed by atoms with Gasteiger partial charge in [-0.15, -0.1) is 0 Å². The van der Waals surface area contributed by atoms with Crippen LogP contribution < -0.4 is 0 Å². The van der Waals surface area contributed by atoms with Crippen molar-refractivity contribution in [2.24, 2.45) is 0 Å². The highest BCUT2D eigenvalue weighted by Crippen LogP contribution is 2.53. The van der Waals surface area contributed by atoms with Crippen molar-refractivity contribution in [3.63, 3.8) is 0 Å². The molecule has 23 heavy (non-hydrogen) atoms. The van der Waals surface area contributed by atoms with Gasteiger partial charge in [0.2, 0.25) is 11.8 Å². The highest BCUT2D eigenvalue weighted by atomic mass is 16.5. The Labute approximate surface area is 134 Å². The fraction of sp³-hybridized carbons (Fsp3) is 0.500. The predicted octanol–water partition coefficient (Wildman–Crippen LogP) is 2.63. The van der Waals surface area contributed by atoms with Gasteiger partial charge in [-0.1, -0.05) is 35.5 Å². The molecule has 2 saturated carbocycles. The summed E-state index contributed by atoms with van der Waals surface area (Å²) in [7, 11) is 0. The Kier molecular flexibility index (Phi) is 2.69. The van der Waals surface area contributed by atoms with E-state index in [1.54, 1.807) is 0 Å². The van der Waals surface area contributed by atoms with Crippen LogP contribution in [0.3, 0.4) is 0 Å². The minimum Gasteiger partial charge on any atom is -0.339 e. The van der Waals surface area contributed by atoms with Crippen LogP contribution in [0.4, 0.5) is 0 Å². The number of aromatic nitrogens is 2. The van der Waals surface area contributed by atoms with E-state index in [2.05, 4.69) is 29.4 Å². The van der Waals surface area contributed by atoms with Crippen molar-refractivity contribution in [1.29, 1.82) is 0 Å². The zero-order chi connectivity index (χ0) is 15.4. The third-order valence-electron chi connectivity index (χ3n) is 5.44. The molecule has 5 rings (SSSR count). The lowest BCUT2D eigenvalue weighted by Crippen LogP contribution is -2.27. The molecule has 2 aliphatic carbocycles. The number of amides is 1. The van der Waals surface area contributed by atoms with E-state index in [9.17, 15) is 4.79 Å². The summed E-state index contributed by atoms with van der Waals surface area (Å²) in [6.45, 7) is 0.751. The van der Waals surface area contributed by atoms with E-state index in [1.807, 2.05) is 11.0 Å². The molecule has 1 aromatic heterocycles. The lowest BCUT2D eigenvalue weighted by Gasteiger charge is -2.14. The standard InChI is InChI=1S/C18H19N3O2/c22-15-10-12(11-21(15)14-6-7-14)16-19-17(23-20-16)18(8-9-18)13-4-2-1-3-5-13/h1-5,12,14H,6-11H2/t12-/m0/s1. The van der Waals surface area contributed by atoms with Crippen LogP contribution in [-0.2, 0) is 10.2 Å². The minimum absolute atomic E-state index is 0.0900. The minimum atomic E-state index is -0.0920. The number of likely N-dealkylation sites (tertiary alicyclic amines) is 1. The van der Waals surface area contributed by atoms with Gasteiger partial charge in [-0.2, -0.15) is 4.98 Å². The smallest absolute Gasteiger partial charge is 0.237 e. The molecule has 1 atom stereocenters. The van der Waals surface area contributed by atoms with Crippen LogP contribution in [0.1, 0.15) is 55.3 Å². The van der Waals surface area contributed by atoms with E-state index in [-0.39, 0.29) is 17.2 Å². The van der Waals surface area contributed by atoms with Crippen molar-refractivity contribution >= 4 is 5.91 Å². The molecule has 1 saturated heterocycles. The maximum atomic E-state index is 12.1. The molecule has 0 N–H and O–H groups in total. The SMILES string of the molecule is O=C1C[C@H](c2noc(C3(c4ccccc4)CC3)n2)CN1C1CC1. The van der Waals surface area contributed by atoms with Crippen molar-refractivity contribution in [3.8, 4) is 0 Å². The molecule has 0 unspecified atom stereocenters. The summed E-state index contributed by atoms with van der Waals surface area (Å²) in [5.74, 6) is 1.76. The second kappa shape index (κ2) is 4.66. The lowest BCUT2D eigenvalue weighted by molar-refractivity contribution is -0.128. The molecule has 2 aromatic rings. The zero-order valence-corrected chi connectivity index (χ0v) is 12.9. The van der Waals surface area contributed by atoms with Gasteiger partial charge in [0, 0.05) is 24.9 Å². The van der Waals surface area contributed by atoms with Gasteiger partial charge in [-0.05, 0) is 31.2 Å². The van der Waals surface area contributed by atoms with Gasteiger partial charge in [0.1, 0.15) is 0 Å². The molecular formula is C18H19N3O2. The quantitative estimate of drug-likeness (QED) is 0.871. The van der Waals surface area contributed by atoms with E-state index in [1.165, 1.54) is 5.56 Å². The third-order valence-corrected chi connectivity index (χ3v) is 5.44. The molecule has 2 heterocycles. The van der Waals surface area contributed by atoms with Crippen LogP contribution in [-0.4, -0.2) is 33.5 Å². The summed E-state index contributed by atoms with van der Waals surface area (Å²) in [5, 5.41) is 4.21. The first-order valence-corrected chi connectivity index (χ1v) is 8.45. The van der Waals surface area contributed by atoms with Crippen molar-refractivity contribution in [1.82, 2.24) is 15.0 Å².